The molecule has 0 unspecified atom stereocenters. The summed E-state index contributed by atoms with van der Waals surface area (Å²) < 4.78 is 31.9. The molecule has 0 aliphatic rings. The molecule has 2 aromatic rings. The van der Waals surface area contributed by atoms with Crippen molar-refractivity contribution in [1.29, 1.82) is 0 Å². The largest absolute Gasteiger partial charge is 0.497 e. The third-order valence-corrected chi connectivity index (χ3v) is 5.04. The summed E-state index contributed by atoms with van der Waals surface area (Å²) in [5, 5.41) is 2.63. The first-order chi connectivity index (χ1) is 11.8. The van der Waals surface area contributed by atoms with Crippen molar-refractivity contribution in [3.63, 3.8) is 0 Å². The highest BCUT2D eigenvalue weighted by atomic mass is 32.2. The second-order valence-corrected chi connectivity index (χ2v) is 7.54. The molecule has 0 aromatic heterocycles. The number of aryl methyl sites for hydroxylation is 2. The Morgan fingerprint density at radius 1 is 1.08 bits per heavy atom. The van der Waals surface area contributed by atoms with Crippen LogP contribution in [-0.2, 0) is 20.6 Å². The second-order valence-electron chi connectivity index (χ2n) is 5.73. The Morgan fingerprint density at radius 3 is 2.36 bits per heavy atom. The van der Waals surface area contributed by atoms with Gasteiger partial charge in [-0.15, -0.1) is 0 Å². The Morgan fingerprint density at radius 2 is 1.72 bits per heavy atom. The van der Waals surface area contributed by atoms with E-state index in [0.29, 0.717) is 11.4 Å². The van der Waals surface area contributed by atoms with Crippen molar-refractivity contribution in [3.8, 4) is 5.75 Å². The molecule has 0 bridgehead atoms. The summed E-state index contributed by atoms with van der Waals surface area (Å²) in [6, 6.07) is 12.5. The van der Waals surface area contributed by atoms with Crippen LogP contribution in [0.5, 0.6) is 5.75 Å². The Kier molecular flexibility index (Phi) is 6.17. The Hall–Kier alpha value is -2.38. The number of carbonyl (C=O) groups is 1. The number of sulfonamides is 1. The highest BCUT2D eigenvalue weighted by Gasteiger charge is 2.16. The fourth-order valence-corrected chi connectivity index (χ4v) is 3.69. The number of nitrogens with one attached hydrogen (secondary N) is 2. The first-order valence-electron chi connectivity index (χ1n) is 7.77. The van der Waals surface area contributed by atoms with E-state index in [1.807, 2.05) is 32.0 Å². The predicted octanol–water partition coefficient (Wildman–Crippen LogP) is 2.37. The van der Waals surface area contributed by atoms with Crippen molar-refractivity contribution < 1.29 is 17.9 Å². The van der Waals surface area contributed by atoms with E-state index in [1.54, 1.807) is 24.3 Å². The number of amides is 1. The Balaban J connectivity index is 1.96. The standard InChI is InChI=1S/C18H22N2O4S/c1-13-6-4-7-14(2)17(13)12-25(22,23)19-11-18(21)20-15-8-5-9-16(10-15)24-3/h4-10,19H,11-12H2,1-3H3,(H,20,21). The summed E-state index contributed by atoms with van der Waals surface area (Å²) in [6.45, 7) is 3.41. The first kappa shape index (κ1) is 19.0. The number of hydrogen-bond donors (Lipinski definition) is 2. The summed E-state index contributed by atoms with van der Waals surface area (Å²) >= 11 is 0. The molecule has 0 heterocycles. The fourth-order valence-electron chi connectivity index (χ4n) is 2.40. The number of benzene rings is 2. The molecule has 0 fully saturated rings. The van der Waals surface area contributed by atoms with Crippen LogP contribution in [0.1, 0.15) is 16.7 Å². The highest BCUT2D eigenvalue weighted by Crippen LogP contribution is 2.17. The Bertz CT molecular complexity index is 843. The van der Waals surface area contributed by atoms with Gasteiger partial charge in [-0.1, -0.05) is 24.3 Å². The van der Waals surface area contributed by atoms with Crippen LogP contribution >= 0.6 is 0 Å². The van der Waals surface area contributed by atoms with Crippen LogP contribution in [-0.4, -0.2) is 28.0 Å². The van der Waals surface area contributed by atoms with E-state index in [9.17, 15) is 13.2 Å². The zero-order chi connectivity index (χ0) is 18.4. The van der Waals surface area contributed by atoms with Crippen molar-refractivity contribution in [2.24, 2.45) is 0 Å². The molecule has 0 aliphatic carbocycles. The van der Waals surface area contributed by atoms with E-state index < -0.39 is 15.9 Å². The van der Waals surface area contributed by atoms with Crippen molar-refractivity contribution in [2.45, 2.75) is 19.6 Å². The lowest BCUT2D eigenvalue weighted by Crippen LogP contribution is -2.33. The molecule has 0 saturated carbocycles. The first-order valence-corrected chi connectivity index (χ1v) is 9.42. The average molecular weight is 362 g/mol. The average Bonchev–Trinajstić information content (AvgIpc) is 2.57. The number of anilines is 1. The van der Waals surface area contributed by atoms with E-state index in [0.717, 1.165) is 16.7 Å². The van der Waals surface area contributed by atoms with Gasteiger partial charge >= 0.3 is 0 Å². The van der Waals surface area contributed by atoms with Crippen molar-refractivity contribution in [2.75, 3.05) is 19.0 Å². The summed E-state index contributed by atoms with van der Waals surface area (Å²) in [5.74, 6) is 0.00421. The van der Waals surface area contributed by atoms with E-state index in [1.165, 1.54) is 7.11 Å². The van der Waals surface area contributed by atoms with Gasteiger partial charge in [0.1, 0.15) is 5.75 Å². The van der Waals surface area contributed by atoms with Gasteiger partial charge in [0.05, 0.1) is 19.4 Å². The highest BCUT2D eigenvalue weighted by molar-refractivity contribution is 7.88. The molecule has 1 amide bonds. The summed E-state index contributed by atoms with van der Waals surface area (Å²) in [4.78, 5) is 12.0. The number of methoxy groups -OCH3 is 1. The SMILES string of the molecule is COc1cccc(NC(=O)CNS(=O)(=O)Cc2c(C)cccc2C)c1. The van der Waals surface area contributed by atoms with Gasteiger partial charge in [-0.05, 0) is 42.7 Å². The Labute approximate surface area is 148 Å². The maximum Gasteiger partial charge on any atom is 0.239 e. The maximum atomic E-state index is 12.3. The van der Waals surface area contributed by atoms with Crippen molar-refractivity contribution >= 4 is 21.6 Å². The molecule has 6 nitrogen and oxygen atoms in total. The van der Waals surface area contributed by atoms with Crippen LogP contribution in [0.15, 0.2) is 42.5 Å². The number of ether oxygens (including phenoxy) is 1. The molecule has 25 heavy (non-hydrogen) atoms. The molecule has 134 valence electrons. The van der Waals surface area contributed by atoms with E-state index in [2.05, 4.69) is 10.0 Å². The normalized spacial score (nSPS) is 11.2. The van der Waals surface area contributed by atoms with Crippen LogP contribution in [0.4, 0.5) is 5.69 Å². The zero-order valence-electron chi connectivity index (χ0n) is 14.5. The molecule has 2 N–H and O–H groups in total. The monoisotopic (exact) mass is 362 g/mol. The van der Waals surface area contributed by atoms with Gasteiger partial charge < -0.3 is 10.1 Å². The van der Waals surface area contributed by atoms with Crippen molar-refractivity contribution in [3.05, 3.63) is 59.2 Å². The maximum absolute atomic E-state index is 12.3. The lowest BCUT2D eigenvalue weighted by atomic mass is 10.1. The van der Waals surface area contributed by atoms with E-state index in [-0.39, 0.29) is 12.3 Å². The lowest BCUT2D eigenvalue weighted by Gasteiger charge is -2.12. The molecule has 0 aliphatic heterocycles. The quantitative estimate of drug-likeness (QED) is 0.792. The number of carbonyl (C=O) groups excluding carboxylic acids is 1. The summed E-state index contributed by atoms with van der Waals surface area (Å²) in [7, 11) is -2.08. The van der Waals surface area contributed by atoms with Crippen molar-refractivity contribution in [1.82, 2.24) is 4.72 Å². The summed E-state index contributed by atoms with van der Waals surface area (Å²) in [6.07, 6.45) is 0. The molecule has 0 spiro atoms. The van der Waals surface area contributed by atoms with E-state index >= 15 is 0 Å². The fraction of sp³-hybridized carbons (Fsp3) is 0.278. The van der Waals surface area contributed by atoms with E-state index in [4.69, 9.17) is 4.74 Å². The molecule has 7 heteroatoms. The van der Waals surface area contributed by atoms with Crippen LogP contribution in [0, 0.1) is 13.8 Å². The predicted molar refractivity (Wildman–Crippen MR) is 98.2 cm³/mol. The minimum Gasteiger partial charge on any atom is -0.497 e. The smallest absolute Gasteiger partial charge is 0.239 e. The number of rotatable bonds is 7. The zero-order valence-corrected chi connectivity index (χ0v) is 15.3. The molecule has 2 rings (SSSR count). The van der Waals surface area contributed by atoms with Gasteiger partial charge in [0.25, 0.3) is 0 Å². The molecule has 0 saturated heterocycles. The van der Waals surface area contributed by atoms with Gasteiger partial charge in [-0.25, -0.2) is 13.1 Å². The third-order valence-electron chi connectivity index (χ3n) is 3.78. The van der Waals surface area contributed by atoms with Crippen LogP contribution in [0.25, 0.3) is 0 Å². The molecule has 0 atom stereocenters. The molecule has 0 radical (unpaired) electrons. The topological polar surface area (TPSA) is 84.5 Å². The van der Waals surface area contributed by atoms with Gasteiger partial charge in [-0.2, -0.15) is 0 Å². The molecular formula is C18H22N2O4S. The van der Waals surface area contributed by atoms with Crippen LogP contribution in [0.3, 0.4) is 0 Å². The molecule has 2 aromatic carbocycles. The van der Waals surface area contributed by atoms with Gasteiger partial charge in [0.2, 0.25) is 15.9 Å². The number of hydrogen-bond acceptors (Lipinski definition) is 4. The second kappa shape index (κ2) is 8.13. The third kappa shape index (κ3) is 5.58. The molecular weight excluding hydrogens is 340 g/mol. The van der Waals surface area contributed by atoms with Gasteiger partial charge in [0.15, 0.2) is 0 Å². The van der Waals surface area contributed by atoms with Gasteiger partial charge in [0, 0.05) is 11.8 Å². The minimum atomic E-state index is -3.62. The summed E-state index contributed by atoms with van der Waals surface area (Å²) in [5.41, 5.74) is 3.11. The lowest BCUT2D eigenvalue weighted by molar-refractivity contribution is -0.115. The van der Waals surface area contributed by atoms with Crippen LogP contribution < -0.4 is 14.8 Å². The van der Waals surface area contributed by atoms with Crippen LogP contribution in [0.2, 0.25) is 0 Å². The van der Waals surface area contributed by atoms with Gasteiger partial charge in [-0.3, -0.25) is 4.79 Å². The minimum absolute atomic E-state index is 0.155.